The molecule has 14 heavy (non-hydrogen) atoms. The van der Waals surface area contributed by atoms with Gasteiger partial charge in [-0.25, -0.2) is 0 Å². The molecule has 0 aliphatic rings. The smallest absolute Gasteiger partial charge is 0.0489 e. The van der Waals surface area contributed by atoms with Crippen molar-refractivity contribution >= 4 is 5.69 Å². The maximum absolute atomic E-state index is 5.60. The number of anilines is 1. The molecular weight excluding hydrogens is 174 g/mol. The molecule has 1 heterocycles. The predicted octanol–water partition coefficient (Wildman–Crippen LogP) is 1.71. The van der Waals surface area contributed by atoms with Gasteiger partial charge >= 0.3 is 0 Å². The normalized spacial score (nSPS) is 10.3. The Morgan fingerprint density at radius 1 is 1.21 bits per heavy atom. The van der Waals surface area contributed by atoms with Gasteiger partial charge in [-0.05, 0) is 30.2 Å². The molecule has 72 valence electrons. The lowest BCUT2D eigenvalue weighted by molar-refractivity contribution is 0.615. The monoisotopic (exact) mass is 187 g/mol. The summed E-state index contributed by atoms with van der Waals surface area (Å²) in [6.07, 6.45) is 4.75. The lowest BCUT2D eigenvalue weighted by Gasteiger charge is -2.02. The van der Waals surface area contributed by atoms with E-state index < -0.39 is 0 Å². The van der Waals surface area contributed by atoms with Crippen LogP contribution in [-0.4, -0.2) is 9.78 Å². The highest BCUT2D eigenvalue weighted by molar-refractivity contribution is 5.39. The number of nitrogens with two attached hydrogens (primary N) is 1. The van der Waals surface area contributed by atoms with E-state index >= 15 is 0 Å². The van der Waals surface area contributed by atoms with Crippen LogP contribution >= 0.6 is 0 Å². The third-order valence-electron chi connectivity index (χ3n) is 2.17. The molecule has 3 heteroatoms. The van der Waals surface area contributed by atoms with E-state index in [-0.39, 0.29) is 0 Å². The summed E-state index contributed by atoms with van der Waals surface area (Å²) in [6, 6.07) is 9.90. The number of nitrogens with zero attached hydrogens (tertiary/aromatic N) is 2. The molecule has 2 N–H and O–H groups in total. The number of aromatic nitrogens is 2. The second-order valence-electron chi connectivity index (χ2n) is 3.26. The summed E-state index contributed by atoms with van der Waals surface area (Å²) in [4.78, 5) is 0. The van der Waals surface area contributed by atoms with Gasteiger partial charge in [0, 0.05) is 24.6 Å². The molecule has 0 radical (unpaired) electrons. The van der Waals surface area contributed by atoms with Crippen molar-refractivity contribution < 1.29 is 0 Å². The van der Waals surface area contributed by atoms with Crippen molar-refractivity contribution in [3.63, 3.8) is 0 Å². The number of benzene rings is 1. The van der Waals surface area contributed by atoms with Crippen molar-refractivity contribution in [2.24, 2.45) is 0 Å². The summed E-state index contributed by atoms with van der Waals surface area (Å²) in [5.41, 5.74) is 7.70. The van der Waals surface area contributed by atoms with Gasteiger partial charge in [-0.1, -0.05) is 12.1 Å². The molecule has 1 aromatic carbocycles. The Morgan fingerprint density at radius 2 is 2.00 bits per heavy atom. The average Bonchev–Trinajstić information content (AvgIpc) is 2.70. The van der Waals surface area contributed by atoms with Crippen LogP contribution in [0, 0.1) is 0 Å². The van der Waals surface area contributed by atoms with E-state index in [1.165, 1.54) is 5.56 Å². The minimum Gasteiger partial charge on any atom is -0.399 e. The van der Waals surface area contributed by atoms with Crippen molar-refractivity contribution in [2.75, 3.05) is 5.73 Å². The predicted molar refractivity (Wildman–Crippen MR) is 56.8 cm³/mol. The summed E-state index contributed by atoms with van der Waals surface area (Å²) >= 11 is 0. The fourth-order valence-electron chi connectivity index (χ4n) is 1.36. The molecule has 0 fully saturated rings. The van der Waals surface area contributed by atoms with Crippen LogP contribution in [0.2, 0.25) is 0 Å². The molecule has 0 aliphatic carbocycles. The zero-order chi connectivity index (χ0) is 9.80. The van der Waals surface area contributed by atoms with Gasteiger partial charge in [-0.2, -0.15) is 5.10 Å². The second kappa shape index (κ2) is 3.96. The summed E-state index contributed by atoms with van der Waals surface area (Å²) in [5, 5.41) is 4.14. The topological polar surface area (TPSA) is 43.8 Å². The number of nitrogen functional groups attached to an aromatic ring is 1. The van der Waals surface area contributed by atoms with Crippen molar-refractivity contribution in [1.82, 2.24) is 9.78 Å². The molecule has 0 spiro atoms. The molecule has 0 saturated heterocycles. The Kier molecular flexibility index (Phi) is 2.49. The lowest BCUT2D eigenvalue weighted by Crippen LogP contribution is -2.01. The zero-order valence-corrected chi connectivity index (χ0v) is 7.93. The first-order valence-electron chi connectivity index (χ1n) is 4.66. The summed E-state index contributed by atoms with van der Waals surface area (Å²) in [5.74, 6) is 0. The fraction of sp³-hybridized carbons (Fsp3) is 0.182. The average molecular weight is 187 g/mol. The van der Waals surface area contributed by atoms with Crippen molar-refractivity contribution in [2.45, 2.75) is 13.0 Å². The number of hydrogen-bond donors (Lipinski definition) is 1. The Balaban J connectivity index is 1.95. The second-order valence-corrected chi connectivity index (χ2v) is 3.26. The van der Waals surface area contributed by atoms with Gasteiger partial charge in [0.15, 0.2) is 0 Å². The molecule has 0 aliphatic heterocycles. The molecule has 0 atom stereocenters. The molecule has 0 amide bonds. The van der Waals surface area contributed by atoms with Crippen LogP contribution in [0.3, 0.4) is 0 Å². The van der Waals surface area contributed by atoms with Crippen molar-refractivity contribution in [3.05, 3.63) is 48.3 Å². The number of aryl methyl sites for hydroxylation is 2. The number of hydrogen-bond acceptors (Lipinski definition) is 2. The highest BCUT2D eigenvalue weighted by Gasteiger charge is 1.94. The Labute approximate surface area is 83.2 Å². The van der Waals surface area contributed by atoms with Crippen molar-refractivity contribution in [3.8, 4) is 0 Å². The molecule has 2 rings (SSSR count). The van der Waals surface area contributed by atoms with E-state index in [1.54, 1.807) is 6.20 Å². The minimum absolute atomic E-state index is 0.813. The molecule has 0 bridgehead atoms. The minimum atomic E-state index is 0.813. The SMILES string of the molecule is Nc1ccc(CCn2cccn2)cc1. The first-order valence-corrected chi connectivity index (χ1v) is 4.66. The zero-order valence-electron chi connectivity index (χ0n) is 7.93. The van der Waals surface area contributed by atoms with Gasteiger partial charge in [0.1, 0.15) is 0 Å². The lowest BCUT2D eigenvalue weighted by atomic mass is 10.1. The van der Waals surface area contributed by atoms with Gasteiger partial charge in [0.05, 0.1) is 0 Å². The van der Waals surface area contributed by atoms with E-state index in [2.05, 4.69) is 17.2 Å². The highest BCUT2D eigenvalue weighted by atomic mass is 15.3. The first-order chi connectivity index (χ1) is 6.84. The molecule has 3 nitrogen and oxygen atoms in total. The van der Waals surface area contributed by atoms with Crippen molar-refractivity contribution in [1.29, 1.82) is 0 Å². The maximum atomic E-state index is 5.60. The van der Waals surface area contributed by atoms with E-state index in [0.717, 1.165) is 18.7 Å². The van der Waals surface area contributed by atoms with E-state index in [4.69, 9.17) is 5.73 Å². The standard InChI is InChI=1S/C11H13N3/c12-11-4-2-10(3-5-11)6-9-14-8-1-7-13-14/h1-5,7-8H,6,9,12H2. The number of rotatable bonds is 3. The molecule has 0 unspecified atom stereocenters. The van der Waals surface area contributed by atoms with Gasteiger partial charge in [-0.15, -0.1) is 0 Å². The first kappa shape index (κ1) is 8.81. The van der Waals surface area contributed by atoms with Crippen LogP contribution in [-0.2, 0) is 13.0 Å². The summed E-state index contributed by atoms with van der Waals surface area (Å²) in [6.45, 7) is 0.914. The van der Waals surface area contributed by atoms with Crippen LogP contribution in [0.25, 0.3) is 0 Å². The van der Waals surface area contributed by atoms with E-state index in [9.17, 15) is 0 Å². The van der Waals surface area contributed by atoms with Gasteiger partial charge < -0.3 is 5.73 Å². The quantitative estimate of drug-likeness (QED) is 0.743. The van der Waals surface area contributed by atoms with Crippen LogP contribution < -0.4 is 5.73 Å². The molecule has 1 aromatic heterocycles. The largest absolute Gasteiger partial charge is 0.399 e. The van der Waals surface area contributed by atoms with Crippen LogP contribution in [0.15, 0.2) is 42.7 Å². The van der Waals surface area contributed by atoms with Crippen LogP contribution in [0.5, 0.6) is 0 Å². The molecular formula is C11H13N3. The van der Waals surface area contributed by atoms with Gasteiger partial charge in [-0.3, -0.25) is 4.68 Å². The third kappa shape index (κ3) is 2.13. The Hall–Kier alpha value is -1.77. The van der Waals surface area contributed by atoms with E-state index in [1.807, 2.05) is 29.1 Å². The van der Waals surface area contributed by atoms with Crippen LogP contribution in [0.4, 0.5) is 5.69 Å². The highest BCUT2D eigenvalue weighted by Crippen LogP contribution is 2.06. The van der Waals surface area contributed by atoms with Gasteiger partial charge in [0.25, 0.3) is 0 Å². The summed E-state index contributed by atoms with van der Waals surface area (Å²) in [7, 11) is 0. The Morgan fingerprint density at radius 3 is 2.64 bits per heavy atom. The Bertz CT molecular complexity index is 375. The summed E-state index contributed by atoms with van der Waals surface area (Å²) < 4.78 is 1.93. The third-order valence-corrected chi connectivity index (χ3v) is 2.17. The maximum Gasteiger partial charge on any atom is 0.0489 e. The fourth-order valence-corrected chi connectivity index (χ4v) is 1.36. The van der Waals surface area contributed by atoms with Crippen LogP contribution in [0.1, 0.15) is 5.56 Å². The van der Waals surface area contributed by atoms with Gasteiger partial charge in [0.2, 0.25) is 0 Å². The van der Waals surface area contributed by atoms with E-state index in [0.29, 0.717) is 0 Å². The molecule has 2 aromatic rings. The molecule has 0 saturated carbocycles.